The van der Waals surface area contributed by atoms with Crippen LogP contribution in [0.3, 0.4) is 0 Å². The smallest absolute Gasteiger partial charge is 0.404 e. The monoisotopic (exact) mass is 393 g/mol. The number of hydrogen-bond donors (Lipinski definition) is 3. The first kappa shape index (κ1) is 18.0. The van der Waals surface area contributed by atoms with E-state index in [2.05, 4.69) is 15.3 Å². The molecule has 0 spiro atoms. The first-order valence-corrected chi connectivity index (χ1v) is 8.22. The first-order chi connectivity index (χ1) is 12.4. The van der Waals surface area contributed by atoms with Crippen LogP contribution in [0.2, 0.25) is 10.0 Å². The fourth-order valence-corrected chi connectivity index (χ4v) is 2.94. The normalized spacial score (nSPS) is 10.8. The summed E-state index contributed by atoms with van der Waals surface area (Å²) in [7, 11) is 0. The van der Waals surface area contributed by atoms with E-state index in [0.717, 1.165) is 0 Å². The number of carbonyl (C=O) groups is 1. The molecule has 0 saturated heterocycles. The van der Waals surface area contributed by atoms with Crippen molar-refractivity contribution < 1.29 is 9.90 Å². The first-order valence-electron chi connectivity index (χ1n) is 7.47. The van der Waals surface area contributed by atoms with E-state index in [9.17, 15) is 9.59 Å². The molecule has 1 amide bonds. The van der Waals surface area contributed by atoms with Crippen LogP contribution in [0.5, 0.6) is 0 Å². The van der Waals surface area contributed by atoms with E-state index < -0.39 is 11.7 Å². The number of halogens is 2. The van der Waals surface area contributed by atoms with Crippen molar-refractivity contribution in [1.82, 2.24) is 19.9 Å². The number of pyridine rings is 1. The lowest BCUT2D eigenvalue weighted by Gasteiger charge is -2.14. The minimum Gasteiger partial charge on any atom is -0.465 e. The minimum atomic E-state index is -1.17. The van der Waals surface area contributed by atoms with Gasteiger partial charge in [-0.3, -0.25) is 9.36 Å². The summed E-state index contributed by atoms with van der Waals surface area (Å²) in [5.41, 5.74) is 5.86. The summed E-state index contributed by atoms with van der Waals surface area (Å²) >= 11 is 12.3. The van der Waals surface area contributed by atoms with Gasteiger partial charge in [0.2, 0.25) is 0 Å². The van der Waals surface area contributed by atoms with E-state index in [-0.39, 0.29) is 33.9 Å². The van der Waals surface area contributed by atoms with Crippen LogP contribution in [0.1, 0.15) is 5.82 Å². The predicted molar refractivity (Wildman–Crippen MR) is 99.3 cm³/mol. The maximum atomic E-state index is 13.1. The highest BCUT2D eigenvalue weighted by atomic mass is 35.5. The van der Waals surface area contributed by atoms with Gasteiger partial charge in [0, 0.05) is 13.0 Å². The molecule has 0 aliphatic rings. The Morgan fingerprint density at radius 3 is 2.62 bits per heavy atom. The molecule has 8 nitrogen and oxygen atoms in total. The van der Waals surface area contributed by atoms with Crippen molar-refractivity contribution in [2.24, 2.45) is 0 Å². The summed E-state index contributed by atoms with van der Waals surface area (Å²) in [5.74, 6) is 0.609. The Labute approximate surface area is 157 Å². The third-order valence-electron chi connectivity index (χ3n) is 3.65. The zero-order chi connectivity index (χ0) is 18.8. The van der Waals surface area contributed by atoms with Gasteiger partial charge in [-0.1, -0.05) is 23.2 Å². The molecule has 4 N–H and O–H groups in total. The highest BCUT2D eigenvalue weighted by Crippen LogP contribution is 2.27. The molecule has 0 fully saturated rings. The van der Waals surface area contributed by atoms with Crippen LogP contribution in [0.25, 0.3) is 16.6 Å². The molecule has 0 radical (unpaired) electrons. The lowest BCUT2D eigenvalue weighted by molar-refractivity contribution is 0.194. The molecule has 2 aromatic heterocycles. The summed E-state index contributed by atoms with van der Waals surface area (Å²) in [4.78, 5) is 32.2. The predicted octanol–water partition coefficient (Wildman–Crippen LogP) is 2.48. The van der Waals surface area contributed by atoms with Gasteiger partial charge < -0.3 is 16.2 Å². The van der Waals surface area contributed by atoms with E-state index in [4.69, 9.17) is 34.0 Å². The second-order valence-electron chi connectivity index (χ2n) is 5.34. The number of amides is 1. The molecule has 0 saturated carbocycles. The second-order valence-corrected chi connectivity index (χ2v) is 6.16. The molecule has 0 unspecified atom stereocenters. The van der Waals surface area contributed by atoms with Gasteiger partial charge >= 0.3 is 6.09 Å². The molecular weight excluding hydrogens is 381 g/mol. The number of nitrogens with two attached hydrogens (primary N) is 1. The number of carboxylic acid groups (broad SMARTS) is 1. The Hall–Kier alpha value is -2.84. The van der Waals surface area contributed by atoms with Crippen LogP contribution in [0.15, 0.2) is 35.3 Å². The molecule has 3 rings (SSSR count). The third kappa shape index (κ3) is 3.42. The average molecular weight is 394 g/mol. The number of rotatable bonds is 4. The minimum absolute atomic E-state index is 0.0634. The van der Waals surface area contributed by atoms with Gasteiger partial charge in [-0.15, -0.1) is 0 Å². The van der Waals surface area contributed by atoms with Gasteiger partial charge in [0.25, 0.3) is 5.56 Å². The molecule has 2 heterocycles. The van der Waals surface area contributed by atoms with Crippen LogP contribution >= 0.6 is 23.2 Å². The van der Waals surface area contributed by atoms with Gasteiger partial charge in [-0.2, -0.15) is 0 Å². The standard InChI is InChI=1S/C16H13Cl2N5O3/c17-9-2-3-10(18)14-13(9)15(24)23(8-1-4-11(19)21-7-8)12(22-14)5-6-20-16(25)26/h1-4,7,20H,5-6H2,(H2,19,21)(H,25,26). The van der Waals surface area contributed by atoms with Crippen LogP contribution in [-0.2, 0) is 6.42 Å². The van der Waals surface area contributed by atoms with Crippen molar-refractivity contribution in [2.45, 2.75) is 6.42 Å². The Morgan fingerprint density at radius 2 is 1.96 bits per heavy atom. The third-order valence-corrected chi connectivity index (χ3v) is 4.27. The Bertz CT molecular complexity index is 1050. The lowest BCUT2D eigenvalue weighted by atomic mass is 10.2. The Kier molecular flexibility index (Phi) is 4.97. The molecule has 0 atom stereocenters. The molecular formula is C16H13Cl2N5O3. The SMILES string of the molecule is Nc1ccc(-n2c(CCNC(=O)O)nc3c(Cl)ccc(Cl)c3c2=O)cn1. The van der Waals surface area contributed by atoms with Crippen LogP contribution in [0.4, 0.5) is 10.6 Å². The number of anilines is 1. The molecule has 26 heavy (non-hydrogen) atoms. The fourth-order valence-electron chi connectivity index (χ4n) is 2.51. The number of nitrogens with zero attached hydrogens (tertiary/aromatic N) is 3. The average Bonchev–Trinajstić information content (AvgIpc) is 2.59. The van der Waals surface area contributed by atoms with Crippen LogP contribution in [0, 0.1) is 0 Å². The van der Waals surface area contributed by atoms with Crippen molar-refractivity contribution in [3.05, 3.63) is 56.7 Å². The summed E-state index contributed by atoms with van der Waals surface area (Å²) in [5, 5.41) is 11.7. The van der Waals surface area contributed by atoms with Gasteiger partial charge in [0.15, 0.2) is 0 Å². The van der Waals surface area contributed by atoms with Crippen molar-refractivity contribution in [3.63, 3.8) is 0 Å². The fraction of sp³-hybridized carbons (Fsp3) is 0.125. The van der Waals surface area contributed by atoms with E-state index in [1.807, 2.05) is 0 Å². The van der Waals surface area contributed by atoms with Crippen molar-refractivity contribution in [3.8, 4) is 5.69 Å². The topological polar surface area (TPSA) is 123 Å². The van der Waals surface area contributed by atoms with E-state index in [1.54, 1.807) is 18.2 Å². The number of fused-ring (bicyclic) bond motifs is 1. The van der Waals surface area contributed by atoms with Gasteiger partial charge in [-0.05, 0) is 24.3 Å². The highest BCUT2D eigenvalue weighted by Gasteiger charge is 2.17. The van der Waals surface area contributed by atoms with Gasteiger partial charge in [0.1, 0.15) is 11.6 Å². The molecule has 3 aromatic rings. The van der Waals surface area contributed by atoms with Crippen molar-refractivity contribution in [2.75, 3.05) is 12.3 Å². The van der Waals surface area contributed by atoms with Crippen LogP contribution in [-0.4, -0.2) is 32.3 Å². The Balaban J connectivity index is 2.26. The van der Waals surface area contributed by atoms with Crippen molar-refractivity contribution in [1.29, 1.82) is 0 Å². The van der Waals surface area contributed by atoms with E-state index in [0.29, 0.717) is 17.3 Å². The van der Waals surface area contributed by atoms with E-state index in [1.165, 1.54) is 16.8 Å². The van der Waals surface area contributed by atoms with Crippen LogP contribution < -0.4 is 16.6 Å². The molecule has 0 bridgehead atoms. The van der Waals surface area contributed by atoms with Gasteiger partial charge in [-0.25, -0.2) is 14.8 Å². The number of nitrogens with one attached hydrogen (secondary N) is 1. The maximum absolute atomic E-state index is 13.1. The largest absolute Gasteiger partial charge is 0.465 e. The van der Waals surface area contributed by atoms with Crippen molar-refractivity contribution >= 4 is 46.0 Å². The second kappa shape index (κ2) is 7.19. The summed E-state index contributed by atoms with van der Waals surface area (Å²) in [6.45, 7) is 0.0634. The molecule has 10 heteroatoms. The number of nitrogen functional groups attached to an aromatic ring is 1. The summed E-state index contributed by atoms with van der Waals surface area (Å²) in [6, 6.07) is 6.23. The summed E-state index contributed by atoms with van der Waals surface area (Å²) < 4.78 is 1.32. The molecule has 0 aliphatic heterocycles. The molecule has 134 valence electrons. The van der Waals surface area contributed by atoms with E-state index >= 15 is 0 Å². The lowest BCUT2D eigenvalue weighted by Crippen LogP contribution is -2.29. The zero-order valence-electron chi connectivity index (χ0n) is 13.2. The van der Waals surface area contributed by atoms with Gasteiger partial charge in [0.05, 0.1) is 32.8 Å². The molecule has 1 aromatic carbocycles. The highest BCUT2D eigenvalue weighted by molar-refractivity contribution is 6.39. The number of benzene rings is 1. The zero-order valence-corrected chi connectivity index (χ0v) is 14.8. The quantitative estimate of drug-likeness (QED) is 0.625. The Morgan fingerprint density at radius 1 is 1.23 bits per heavy atom. The number of hydrogen-bond acceptors (Lipinski definition) is 5. The number of aromatic nitrogens is 3. The maximum Gasteiger partial charge on any atom is 0.404 e. The summed E-state index contributed by atoms with van der Waals surface area (Å²) in [6.07, 6.45) is 0.413. The molecule has 0 aliphatic carbocycles.